The van der Waals surface area contributed by atoms with Crippen molar-refractivity contribution in [2.75, 3.05) is 0 Å². The van der Waals surface area contributed by atoms with Crippen molar-refractivity contribution in [2.45, 2.75) is 37.9 Å². The zero-order chi connectivity index (χ0) is 18.8. The van der Waals surface area contributed by atoms with Crippen LogP contribution in [-0.2, 0) is 9.53 Å². The molecular weight excluding hydrogens is 344 g/mol. The molecule has 0 saturated carbocycles. The molecule has 1 fully saturated rings. The first kappa shape index (κ1) is 18.1. The predicted octanol–water partition coefficient (Wildman–Crippen LogP) is -0.540. The van der Waals surface area contributed by atoms with Crippen molar-refractivity contribution in [1.29, 1.82) is 0 Å². The lowest BCUT2D eigenvalue weighted by molar-refractivity contribution is -0.139. The van der Waals surface area contributed by atoms with E-state index in [0.29, 0.717) is 5.75 Å². The number of benzene rings is 1. The first-order valence-corrected chi connectivity index (χ1v) is 7.96. The number of esters is 1. The number of ether oxygens (including phenoxy) is 2. The largest absolute Gasteiger partial charge is 0.426 e. The molecule has 1 saturated heterocycles. The molecule has 1 aliphatic rings. The maximum absolute atomic E-state index is 12.0. The van der Waals surface area contributed by atoms with Crippen LogP contribution in [0.4, 0.5) is 0 Å². The lowest BCUT2D eigenvalue weighted by atomic mass is 10.1. The lowest BCUT2D eigenvalue weighted by Crippen LogP contribution is -2.38. The molecule has 2 heterocycles. The highest BCUT2D eigenvalue weighted by molar-refractivity contribution is 5.73. The van der Waals surface area contributed by atoms with E-state index in [0.717, 1.165) is 4.57 Å². The molecule has 2 aromatic rings. The SMILES string of the molecule is Cc1cn([C@@H]2O[C@@H](CC(=O)Oc3ccccc3)[C@@H](O)[C@H]2O)c(=O)[nH]c1=O. The number of nitrogens with zero attached hydrogens (tertiary/aromatic N) is 1. The Morgan fingerprint density at radius 1 is 1.23 bits per heavy atom. The number of carbonyl (C=O) groups is 1. The second-order valence-corrected chi connectivity index (χ2v) is 6.02. The third kappa shape index (κ3) is 3.59. The number of aromatic nitrogens is 2. The Hall–Kier alpha value is -2.75. The number of aromatic amines is 1. The van der Waals surface area contributed by atoms with E-state index in [1.807, 2.05) is 0 Å². The molecule has 1 aromatic carbocycles. The van der Waals surface area contributed by atoms with Crippen molar-refractivity contribution in [3.05, 3.63) is 62.9 Å². The summed E-state index contributed by atoms with van der Waals surface area (Å²) in [6, 6.07) is 8.38. The van der Waals surface area contributed by atoms with Crippen molar-refractivity contribution < 1.29 is 24.5 Å². The van der Waals surface area contributed by atoms with Crippen molar-refractivity contribution in [2.24, 2.45) is 0 Å². The molecule has 3 rings (SSSR count). The zero-order valence-electron chi connectivity index (χ0n) is 13.9. The number of nitrogens with one attached hydrogen (secondary N) is 1. The van der Waals surface area contributed by atoms with Crippen LogP contribution in [0.5, 0.6) is 5.75 Å². The lowest BCUT2D eigenvalue weighted by Gasteiger charge is -2.17. The van der Waals surface area contributed by atoms with Gasteiger partial charge in [-0.05, 0) is 19.1 Å². The van der Waals surface area contributed by atoms with Crippen LogP contribution in [0, 0.1) is 6.92 Å². The molecule has 0 aliphatic carbocycles. The van der Waals surface area contributed by atoms with E-state index in [4.69, 9.17) is 9.47 Å². The number of para-hydroxylation sites is 1. The second kappa shape index (κ2) is 7.24. The monoisotopic (exact) mass is 362 g/mol. The Morgan fingerprint density at radius 2 is 1.92 bits per heavy atom. The third-order valence-corrected chi connectivity index (χ3v) is 4.10. The maximum Gasteiger partial charge on any atom is 0.330 e. The average Bonchev–Trinajstić information content (AvgIpc) is 2.87. The van der Waals surface area contributed by atoms with Gasteiger partial charge in [0.2, 0.25) is 0 Å². The van der Waals surface area contributed by atoms with Gasteiger partial charge < -0.3 is 19.7 Å². The molecule has 3 N–H and O–H groups in total. The summed E-state index contributed by atoms with van der Waals surface area (Å²) in [6.45, 7) is 1.49. The van der Waals surface area contributed by atoms with Crippen molar-refractivity contribution >= 4 is 5.97 Å². The van der Waals surface area contributed by atoms with Crippen molar-refractivity contribution in [3.63, 3.8) is 0 Å². The number of hydrogen-bond acceptors (Lipinski definition) is 7. The van der Waals surface area contributed by atoms with Crippen LogP contribution < -0.4 is 16.0 Å². The van der Waals surface area contributed by atoms with Crippen LogP contribution in [0.2, 0.25) is 0 Å². The Bertz CT molecular complexity index is 905. The fraction of sp³-hybridized carbons (Fsp3) is 0.353. The fourth-order valence-corrected chi connectivity index (χ4v) is 2.73. The normalized spacial score (nSPS) is 25.2. The summed E-state index contributed by atoms with van der Waals surface area (Å²) < 4.78 is 11.6. The fourth-order valence-electron chi connectivity index (χ4n) is 2.73. The molecular formula is C17H18N2O7. The van der Waals surface area contributed by atoms with Gasteiger partial charge in [0.1, 0.15) is 18.0 Å². The topological polar surface area (TPSA) is 131 Å². The van der Waals surface area contributed by atoms with Gasteiger partial charge in [-0.2, -0.15) is 0 Å². The Kier molecular flexibility index (Phi) is 5.03. The molecule has 0 bridgehead atoms. The zero-order valence-corrected chi connectivity index (χ0v) is 13.9. The summed E-state index contributed by atoms with van der Waals surface area (Å²) in [7, 11) is 0. The molecule has 4 atom stereocenters. The number of aliphatic hydroxyl groups is 2. The molecule has 0 spiro atoms. The van der Waals surface area contributed by atoms with Gasteiger partial charge in [0, 0.05) is 11.8 Å². The molecule has 26 heavy (non-hydrogen) atoms. The summed E-state index contributed by atoms with van der Waals surface area (Å²) in [5.41, 5.74) is -1.10. The van der Waals surface area contributed by atoms with E-state index in [9.17, 15) is 24.6 Å². The number of carbonyl (C=O) groups excluding carboxylic acids is 1. The van der Waals surface area contributed by atoms with E-state index in [2.05, 4.69) is 4.98 Å². The number of hydrogen-bond donors (Lipinski definition) is 3. The minimum absolute atomic E-state index is 0.238. The second-order valence-electron chi connectivity index (χ2n) is 6.02. The summed E-state index contributed by atoms with van der Waals surface area (Å²) in [5.74, 6) is -0.312. The Morgan fingerprint density at radius 3 is 2.62 bits per heavy atom. The van der Waals surface area contributed by atoms with E-state index in [1.165, 1.54) is 13.1 Å². The number of rotatable bonds is 4. The van der Waals surface area contributed by atoms with Gasteiger partial charge in [-0.15, -0.1) is 0 Å². The van der Waals surface area contributed by atoms with E-state index in [-0.39, 0.29) is 12.0 Å². The predicted molar refractivity (Wildman–Crippen MR) is 88.7 cm³/mol. The van der Waals surface area contributed by atoms with Gasteiger partial charge in [0.15, 0.2) is 6.23 Å². The van der Waals surface area contributed by atoms with Crippen LogP contribution >= 0.6 is 0 Å². The van der Waals surface area contributed by atoms with Crippen molar-refractivity contribution in [1.82, 2.24) is 9.55 Å². The molecule has 9 heteroatoms. The van der Waals surface area contributed by atoms with Crippen molar-refractivity contribution in [3.8, 4) is 5.75 Å². The summed E-state index contributed by atoms with van der Waals surface area (Å²) in [6.07, 6.45) is -4.24. The highest BCUT2D eigenvalue weighted by Crippen LogP contribution is 2.30. The molecule has 0 amide bonds. The molecule has 9 nitrogen and oxygen atoms in total. The van der Waals surface area contributed by atoms with Gasteiger partial charge in [-0.1, -0.05) is 18.2 Å². The quantitative estimate of drug-likeness (QED) is 0.492. The standard InChI is InChI=1S/C17H18N2O7/c1-9-8-19(17(24)18-15(9)23)16-14(22)13(21)11(26-16)7-12(20)25-10-5-3-2-4-6-10/h2-6,8,11,13-14,16,21-22H,7H2,1H3,(H,18,23,24)/t11-,13+,14+,16+/m0/s1. The van der Waals surface area contributed by atoms with Crippen LogP contribution in [-0.4, -0.2) is 44.0 Å². The van der Waals surface area contributed by atoms with Crippen LogP contribution in [0.3, 0.4) is 0 Å². The molecule has 1 aliphatic heterocycles. The first-order valence-electron chi connectivity index (χ1n) is 7.96. The molecule has 0 unspecified atom stereocenters. The van der Waals surface area contributed by atoms with E-state index in [1.54, 1.807) is 30.3 Å². The third-order valence-electron chi connectivity index (χ3n) is 4.10. The molecule has 1 aromatic heterocycles. The summed E-state index contributed by atoms with van der Waals surface area (Å²) in [4.78, 5) is 37.5. The number of aliphatic hydroxyl groups excluding tert-OH is 2. The Balaban J connectivity index is 1.74. The van der Waals surface area contributed by atoms with Gasteiger partial charge in [-0.25, -0.2) is 4.79 Å². The van der Waals surface area contributed by atoms with Crippen LogP contribution in [0.1, 0.15) is 18.2 Å². The Labute approximate surface area is 147 Å². The van der Waals surface area contributed by atoms with Gasteiger partial charge in [0.25, 0.3) is 5.56 Å². The van der Waals surface area contributed by atoms with Gasteiger partial charge in [-0.3, -0.25) is 19.1 Å². The average molecular weight is 362 g/mol. The smallest absolute Gasteiger partial charge is 0.330 e. The minimum Gasteiger partial charge on any atom is -0.426 e. The number of aryl methyl sites for hydroxylation is 1. The van der Waals surface area contributed by atoms with Crippen LogP contribution in [0.15, 0.2) is 46.1 Å². The molecule has 138 valence electrons. The van der Waals surface area contributed by atoms with E-state index >= 15 is 0 Å². The number of H-pyrrole nitrogens is 1. The van der Waals surface area contributed by atoms with Gasteiger partial charge in [0.05, 0.1) is 12.5 Å². The van der Waals surface area contributed by atoms with E-state index < -0.39 is 41.8 Å². The summed E-state index contributed by atoms with van der Waals surface area (Å²) in [5, 5.41) is 20.3. The maximum atomic E-state index is 12.0. The highest BCUT2D eigenvalue weighted by atomic mass is 16.6. The highest BCUT2D eigenvalue weighted by Gasteiger charge is 2.45. The summed E-state index contributed by atoms with van der Waals surface area (Å²) >= 11 is 0. The minimum atomic E-state index is -1.45. The first-order chi connectivity index (χ1) is 12.4. The van der Waals surface area contributed by atoms with Gasteiger partial charge >= 0.3 is 11.7 Å². The molecule has 0 radical (unpaired) electrons. The van der Waals surface area contributed by atoms with Crippen LogP contribution in [0.25, 0.3) is 0 Å².